The summed E-state index contributed by atoms with van der Waals surface area (Å²) in [6.07, 6.45) is 2.08. The first-order valence-corrected chi connectivity index (χ1v) is 8.33. The highest BCUT2D eigenvalue weighted by Crippen LogP contribution is 2.27. The third-order valence-electron chi connectivity index (χ3n) is 3.49. The van der Waals surface area contributed by atoms with E-state index >= 15 is 0 Å². The van der Waals surface area contributed by atoms with Gasteiger partial charge in [0.05, 0.1) is 11.8 Å². The Hall–Kier alpha value is -1.34. The van der Waals surface area contributed by atoms with Crippen LogP contribution in [0.4, 0.5) is 0 Å². The number of aromatic nitrogens is 3. The molecular formula is C13H16N4OS2. The number of rotatable bonds is 3. The van der Waals surface area contributed by atoms with E-state index in [-0.39, 0.29) is 11.9 Å². The van der Waals surface area contributed by atoms with Gasteiger partial charge in [-0.05, 0) is 26.0 Å². The normalized spacial score (nSPS) is 18.1. The number of carbonyl (C=O) groups is 1. The van der Waals surface area contributed by atoms with E-state index in [1.807, 2.05) is 17.9 Å². The maximum Gasteiger partial charge on any atom is 0.233 e. The monoisotopic (exact) mass is 308 g/mol. The first kappa shape index (κ1) is 13.6. The topological polar surface area (TPSA) is 51.0 Å². The summed E-state index contributed by atoms with van der Waals surface area (Å²) < 4.78 is 3.08. The highest BCUT2D eigenvalue weighted by Gasteiger charge is 2.27. The van der Waals surface area contributed by atoms with Crippen LogP contribution in [0.15, 0.2) is 22.7 Å². The van der Waals surface area contributed by atoms with Gasteiger partial charge in [0.15, 0.2) is 4.34 Å². The fraction of sp³-hybridized carbons (Fsp3) is 0.462. The van der Waals surface area contributed by atoms with E-state index < -0.39 is 0 Å². The molecular weight excluding hydrogens is 292 g/mol. The molecule has 0 fully saturated rings. The molecule has 0 N–H and O–H groups in total. The molecule has 3 rings (SSSR count). The average Bonchev–Trinajstić information content (AvgIpc) is 3.05. The molecule has 0 saturated carbocycles. The van der Waals surface area contributed by atoms with Crippen molar-refractivity contribution in [3.05, 3.63) is 29.0 Å². The quantitative estimate of drug-likeness (QED) is 0.817. The molecule has 2 aromatic heterocycles. The average molecular weight is 308 g/mol. The fourth-order valence-corrected chi connectivity index (χ4v) is 4.16. The molecule has 0 saturated heterocycles. The van der Waals surface area contributed by atoms with Crippen molar-refractivity contribution in [2.75, 3.05) is 12.3 Å². The SMILES string of the molecule is Cc1nnc(SCC(=O)N2CCn3cccc3C2C)s1. The van der Waals surface area contributed by atoms with Crippen molar-refractivity contribution < 1.29 is 4.79 Å². The number of hydrogen-bond donors (Lipinski definition) is 0. The summed E-state index contributed by atoms with van der Waals surface area (Å²) in [6, 6.07) is 4.27. The Morgan fingerprint density at radius 2 is 2.35 bits per heavy atom. The predicted molar refractivity (Wildman–Crippen MR) is 79.9 cm³/mol. The zero-order valence-corrected chi connectivity index (χ0v) is 13.1. The summed E-state index contributed by atoms with van der Waals surface area (Å²) in [5.74, 6) is 0.600. The second-order valence-electron chi connectivity index (χ2n) is 4.77. The van der Waals surface area contributed by atoms with E-state index in [2.05, 4.69) is 34.0 Å². The van der Waals surface area contributed by atoms with Crippen LogP contribution in [-0.2, 0) is 11.3 Å². The Bertz CT molecular complexity index is 621. The third kappa shape index (κ3) is 2.60. The van der Waals surface area contributed by atoms with Crippen molar-refractivity contribution in [3.63, 3.8) is 0 Å². The number of thioether (sulfide) groups is 1. The van der Waals surface area contributed by atoms with Gasteiger partial charge in [-0.1, -0.05) is 23.1 Å². The van der Waals surface area contributed by atoms with Crippen molar-refractivity contribution >= 4 is 29.0 Å². The van der Waals surface area contributed by atoms with Crippen LogP contribution in [0.2, 0.25) is 0 Å². The van der Waals surface area contributed by atoms with Crippen LogP contribution in [0.3, 0.4) is 0 Å². The zero-order valence-electron chi connectivity index (χ0n) is 11.4. The molecule has 3 heterocycles. The largest absolute Gasteiger partial charge is 0.348 e. The Balaban J connectivity index is 1.63. The maximum absolute atomic E-state index is 12.4. The van der Waals surface area contributed by atoms with Crippen LogP contribution in [0.5, 0.6) is 0 Å². The smallest absolute Gasteiger partial charge is 0.233 e. The van der Waals surface area contributed by atoms with Crippen molar-refractivity contribution in [2.24, 2.45) is 0 Å². The lowest BCUT2D eigenvalue weighted by atomic mass is 10.1. The Morgan fingerprint density at radius 1 is 1.50 bits per heavy atom. The highest BCUT2D eigenvalue weighted by atomic mass is 32.2. The van der Waals surface area contributed by atoms with Gasteiger partial charge < -0.3 is 9.47 Å². The highest BCUT2D eigenvalue weighted by molar-refractivity contribution is 8.01. The van der Waals surface area contributed by atoms with Gasteiger partial charge in [-0.15, -0.1) is 10.2 Å². The minimum atomic E-state index is 0.142. The zero-order chi connectivity index (χ0) is 14.1. The molecule has 0 radical (unpaired) electrons. The van der Waals surface area contributed by atoms with Crippen LogP contribution in [0.1, 0.15) is 23.7 Å². The van der Waals surface area contributed by atoms with Gasteiger partial charge in [0, 0.05) is 25.0 Å². The molecule has 1 aliphatic rings. The lowest BCUT2D eigenvalue weighted by Crippen LogP contribution is -2.41. The second-order valence-corrected chi connectivity index (χ2v) is 7.17. The summed E-state index contributed by atoms with van der Waals surface area (Å²) in [4.78, 5) is 14.3. The van der Waals surface area contributed by atoms with Crippen LogP contribution in [0, 0.1) is 6.92 Å². The van der Waals surface area contributed by atoms with E-state index in [0.717, 1.165) is 22.4 Å². The first-order chi connectivity index (χ1) is 9.65. The first-order valence-electron chi connectivity index (χ1n) is 6.52. The number of amides is 1. The van der Waals surface area contributed by atoms with Gasteiger partial charge in [0.25, 0.3) is 0 Å². The summed E-state index contributed by atoms with van der Waals surface area (Å²) >= 11 is 3.01. The van der Waals surface area contributed by atoms with Gasteiger partial charge in [0.1, 0.15) is 5.01 Å². The second kappa shape index (κ2) is 5.57. The molecule has 0 aromatic carbocycles. The van der Waals surface area contributed by atoms with Gasteiger partial charge in [0.2, 0.25) is 5.91 Å². The summed E-state index contributed by atoms with van der Waals surface area (Å²) in [7, 11) is 0. The molecule has 1 atom stereocenters. The standard InChI is InChI=1S/C13H16N4OS2/c1-9-11-4-3-5-16(11)6-7-17(9)12(18)8-19-13-15-14-10(2)20-13/h3-5,9H,6-8H2,1-2H3. The summed E-state index contributed by atoms with van der Waals surface area (Å²) in [6.45, 7) is 5.66. The molecule has 20 heavy (non-hydrogen) atoms. The molecule has 1 unspecified atom stereocenters. The van der Waals surface area contributed by atoms with Gasteiger partial charge >= 0.3 is 0 Å². The van der Waals surface area contributed by atoms with Gasteiger partial charge in [-0.2, -0.15) is 0 Å². The molecule has 2 aromatic rings. The van der Waals surface area contributed by atoms with Crippen molar-refractivity contribution in [3.8, 4) is 0 Å². The van der Waals surface area contributed by atoms with Crippen LogP contribution < -0.4 is 0 Å². The van der Waals surface area contributed by atoms with Crippen LogP contribution in [0.25, 0.3) is 0 Å². The van der Waals surface area contributed by atoms with E-state index in [9.17, 15) is 4.79 Å². The van der Waals surface area contributed by atoms with E-state index in [1.165, 1.54) is 28.8 Å². The summed E-state index contributed by atoms with van der Waals surface area (Å²) in [5.41, 5.74) is 1.21. The van der Waals surface area contributed by atoms with Crippen molar-refractivity contribution in [2.45, 2.75) is 30.8 Å². The third-order valence-corrected chi connectivity index (χ3v) is 5.45. The minimum Gasteiger partial charge on any atom is -0.348 e. The number of aryl methyl sites for hydroxylation is 1. The number of hydrogen-bond acceptors (Lipinski definition) is 5. The van der Waals surface area contributed by atoms with Crippen LogP contribution in [-0.4, -0.2) is 37.9 Å². The number of fused-ring (bicyclic) bond motifs is 1. The van der Waals surface area contributed by atoms with E-state index in [1.54, 1.807) is 0 Å². The lowest BCUT2D eigenvalue weighted by Gasteiger charge is -2.34. The van der Waals surface area contributed by atoms with E-state index in [4.69, 9.17) is 0 Å². The number of nitrogens with zero attached hydrogens (tertiary/aromatic N) is 4. The maximum atomic E-state index is 12.4. The van der Waals surface area contributed by atoms with Crippen LogP contribution >= 0.6 is 23.1 Å². The summed E-state index contributed by atoms with van der Waals surface area (Å²) in [5, 5.41) is 8.93. The molecule has 5 nitrogen and oxygen atoms in total. The van der Waals surface area contributed by atoms with Gasteiger partial charge in [-0.25, -0.2) is 0 Å². The predicted octanol–water partition coefficient (Wildman–Crippen LogP) is 2.34. The fourth-order valence-electron chi connectivity index (χ4n) is 2.46. The van der Waals surface area contributed by atoms with Crippen molar-refractivity contribution in [1.29, 1.82) is 0 Å². The van der Waals surface area contributed by atoms with E-state index in [0.29, 0.717) is 5.75 Å². The molecule has 1 aliphatic heterocycles. The molecule has 0 bridgehead atoms. The molecule has 7 heteroatoms. The van der Waals surface area contributed by atoms with Crippen molar-refractivity contribution in [1.82, 2.24) is 19.7 Å². The molecule has 106 valence electrons. The molecule has 0 spiro atoms. The minimum absolute atomic E-state index is 0.142. The Morgan fingerprint density at radius 3 is 3.10 bits per heavy atom. The Kier molecular flexibility index (Phi) is 3.80. The Labute approximate surface area is 126 Å². The number of carbonyl (C=O) groups excluding carboxylic acids is 1. The van der Waals surface area contributed by atoms with Gasteiger partial charge in [-0.3, -0.25) is 4.79 Å². The molecule has 0 aliphatic carbocycles. The lowest BCUT2D eigenvalue weighted by molar-refractivity contribution is -0.131. The molecule has 1 amide bonds.